The summed E-state index contributed by atoms with van der Waals surface area (Å²) in [7, 11) is 1.76. The number of rotatable bonds is 4. The Kier molecular flexibility index (Phi) is 4.65. The lowest BCUT2D eigenvalue weighted by Gasteiger charge is -2.18. The Bertz CT molecular complexity index is 1110. The second-order valence-electron chi connectivity index (χ2n) is 6.29. The van der Waals surface area contributed by atoms with E-state index in [1.165, 1.54) is 0 Å². The number of aromatic nitrogens is 1. The SMILES string of the molecule is CN(Cc1ccco1)C(=O)c1cc(-c2ccccc2Cl)nc2ccccc12. The van der Waals surface area contributed by atoms with Crippen LogP contribution in [-0.4, -0.2) is 22.8 Å². The molecule has 0 aliphatic rings. The number of para-hydroxylation sites is 1. The summed E-state index contributed by atoms with van der Waals surface area (Å²) in [5.41, 5.74) is 2.82. The number of halogens is 1. The number of carbonyl (C=O) groups excluding carboxylic acids is 1. The van der Waals surface area contributed by atoms with Gasteiger partial charge in [0.05, 0.1) is 29.6 Å². The van der Waals surface area contributed by atoms with Gasteiger partial charge in [-0.25, -0.2) is 4.98 Å². The smallest absolute Gasteiger partial charge is 0.254 e. The maximum atomic E-state index is 13.2. The molecule has 0 radical (unpaired) electrons. The van der Waals surface area contributed by atoms with Crippen molar-refractivity contribution in [1.29, 1.82) is 0 Å². The lowest BCUT2D eigenvalue weighted by atomic mass is 10.0. The third-order valence-electron chi connectivity index (χ3n) is 4.42. The molecule has 2 aromatic heterocycles. The minimum atomic E-state index is -0.0988. The highest BCUT2D eigenvalue weighted by Crippen LogP contribution is 2.30. The van der Waals surface area contributed by atoms with E-state index in [2.05, 4.69) is 0 Å². The van der Waals surface area contributed by atoms with Crippen molar-refractivity contribution in [2.75, 3.05) is 7.05 Å². The zero-order valence-corrected chi connectivity index (χ0v) is 15.5. The molecule has 0 fully saturated rings. The van der Waals surface area contributed by atoms with Crippen LogP contribution in [0.15, 0.2) is 77.4 Å². The van der Waals surface area contributed by atoms with Crippen LogP contribution in [0.3, 0.4) is 0 Å². The number of carbonyl (C=O) groups is 1. The summed E-state index contributed by atoms with van der Waals surface area (Å²) in [6, 6.07) is 20.6. The van der Waals surface area contributed by atoms with Gasteiger partial charge in [-0.05, 0) is 30.3 Å². The normalized spacial score (nSPS) is 10.9. The van der Waals surface area contributed by atoms with E-state index in [1.54, 1.807) is 18.2 Å². The maximum absolute atomic E-state index is 13.2. The fourth-order valence-electron chi connectivity index (χ4n) is 3.07. The predicted octanol–water partition coefficient (Wildman–Crippen LogP) is 5.42. The first-order valence-electron chi connectivity index (χ1n) is 8.56. The van der Waals surface area contributed by atoms with Crippen LogP contribution in [0.2, 0.25) is 5.02 Å². The quantitative estimate of drug-likeness (QED) is 0.477. The Hall–Kier alpha value is -3.11. The number of benzene rings is 2. The van der Waals surface area contributed by atoms with Crippen molar-refractivity contribution in [3.63, 3.8) is 0 Å². The zero-order chi connectivity index (χ0) is 18.8. The highest BCUT2D eigenvalue weighted by molar-refractivity contribution is 6.33. The molecular formula is C22H17ClN2O2. The molecule has 5 heteroatoms. The van der Waals surface area contributed by atoms with Crippen molar-refractivity contribution >= 4 is 28.4 Å². The summed E-state index contributed by atoms with van der Waals surface area (Å²) in [6.45, 7) is 0.393. The fourth-order valence-corrected chi connectivity index (χ4v) is 3.31. The van der Waals surface area contributed by atoms with Gasteiger partial charge in [-0.2, -0.15) is 0 Å². The number of fused-ring (bicyclic) bond motifs is 1. The minimum absolute atomic E-state index is 0.0988. The number of amides is 1. The van der Waals surface area contributed by atoms with E-state index in [0.717, 1.165) is 22.2 Å². The maximum Gasteiger partial charge on any atom is 0.254 e. The van der Waals surface area contributed by atoms with Crippen LogP contribution in [0.5, 0.6) is 0 Å². The Morgan fingerprint density at radius 1 is 1.07 bits per heavy atom. The summed E-state index contributed by atoms with van der Waals surface area (Å²) < 4.78 is 5.36. The van der Waals surface area contributed by atoms with Gasteiger partial charge in [0.25, 0.3) is 5.91 Å². The molecule has 0 aliphatic heterocycles. The van der Waals surface area contributed by atoms with Crippen LogP contribution >= 0.6 is 11.6 Å². The van der Waals surface area contributed by atoms with Gasteiger partial charge in [-0.3, -0.25) is 4.79 Å². The van der Waals surface area contributed by atoms with Crippen molar-refractivity contribution in [3.8, 4) is 11.3 Å². The molecule has 0 bridgehead atoms. The van der Waals surface area contributed by atoms with Crippen molar-refractivity contribution in [2.24, 2.45) is 0 Å². The summed E-state index contributed by atoms with van der Waals surface area (Å²) in [5.74, 6) is 0.633. The number of hydrogen-bond acceptors (Lipinski definition) is 3. The van der Waals surface area contributed by atoms with Crippen LogP contribution in [0.1, 0.15) is 16.1 Å². The molecule has 0 N–H and O–H groups in total. The van der Waals surface area contributed by atoms with Gasteiger partial charge in [0, 0.05) is 23.0 Å². The molecular weight excluding hydrogens is 360 g/mol. The minimum Gasteiger partial charge on any atom is -0.467 e. The van der Waals surface area contributed by atoms with Gasteiger partial charge in [0.2, 0.25) is 0 Å². The highest BCUT2D eigenvalue weighted by Gasteiger charge is 2.19. The zero-order valence-electron chi connectivity index (χ0n) is 14.7. The fraction of sp³-hybridized carbons (Fsp3) is 0.0909. The van der Waals surface area contributed by atoms with E-state index >= 15 is 0 Å². The van der Waals surface area contributed by atoms with Gasteiger partial charge in [-0.15, -0.1) is 0 Å². The third-order valence-corrected chi connectivity index (χ3v) is 4.75. The Balaban J connectivity index is 1.81. The van der Waals surface area contributed by atoms with E-state index in [-0.39, 0.29) is 5.91 Å². The van der Waals surface area contributed by atoms with Crippen LogP contribution < -0.4 is 0 Å². The van der Waals surface area contributed by atoms with E-state index in [4.69, 9.17) is 21.0 Å². The predicted molar refractivity (Wildman–Crippen MR) is 107 cm³/mol. The Morgan fingerprint density at radius 3 is 2.63 bits per heavy atom. The van der Waals surface area contributed by atoms with Crippen LogP contribution in [0, 0.1) is 0 Å². The van der Waals surface area contributed by atoms with Gasteiger partial charge in [0.1, 0.15) is 5.76 Å². The van der Waals surface area contributed by atoms with E-state index in [1.807, 2.05) is 66.7 Å². The molecule has 0 saturated carbocycles. The molecule has 0 atom stereocenters. The molecule has 1 amide bonds. The third kappa shape index (κ3) is 3.44. The first kappa shape index (κ1) is 17.3. The van der Waals surface area contributed by atoms with Crippen LogP contribution in [0.4, 0.5) is 0 Å². The molecule has 0 aliphatic carbocycles. The van der Waals surface area contributed by atoms with Gasteiger partial charge < -0.3 is 9.32 Å². The largest absolute Gasteiger partial charge is 0.467 e. The van der Waals surface area contributed by atoms with E-state index in [9.17, 15) is 4.79 Å². The van der Waals surface area contributed by atoms with E-state index < -0.39 is 0 Å². The van der Waals surface area contributed by atoms with Crippen LogP contribution in [0.25, 0.3) is 22.2 Å². The lowest BCUT2D eigenvalue weighted by molar-refractivity contribution is 0.0777. The molecule has 0 spiro atoms. The van der Waals surface area contributed by atoms with Crippen molar-refractivity contribution in [3.05, 3.63) is 89.3 Å². The summed E-state index contributed by atoms with van der Waals surface area (Å²) in [6.07, 6.45) is 1.60. The number of furan rings is 1. The molecule has 134 valence electrons. The van der Waals surface area contributed by atoms with Crippen molar-refractivity contribution < 1.29 is 9.21 Å². The van der Waals surface area contributed by atoms with Crippen LogP contribution in [-0.2, 0) is 6.54 Å². The summed E-state index contributed by atoms with van der Waals surface area (Å²) in [5, 5.41) is 1.41. The highest BCUT2D eigenvalue weighted by atomic mass is 35.5. The van der Waals surface area contributed by atoms with Gasteiger partial charge in [0.15, 0.2) is 0 Å². The Morgan fingerprint density at radius 2 is 1.85 bits per heavy atom. The summed E-state index contributed by atoms with van der Waals surface area (Å²) >= 11 is 6.35. The average molecular weight is 377 g/mol. The van der Waals surface area contributed by atoms with Crippen molar-refractivity contribution in [2.45, 2.75) is 6.54 Å². The molecule has 2 heterocycles. The Labute approximate surface area is 162 Å². The van der Waals surface area contributed by atoms with Gasteiger partial charge in [-0.1, -0.05) is 48.0 Å². The van der Waals surface area contributed by atoms with E-state index in [0.29, 0.717) is 22.8 Å². The molecule has 4 aromatic rings. The topological polar surface area (TPSA) is 46.3 Å². The molecule has 27 heavy (non-hydrogen) atoms. The molecule has 0 saturated heterocycles. The average Bonchev–Trinajstić information content (AvgIpc) is 3.20. The monoisotopic (exact) mass is 376 g/mol. The molecule has 4 rings (SSSR count). The second kappa shape index (κ2) is 7.25. The van der Waals surface area contributed by atoms with Gasteiger partial charge >= 0.3 is 0 Å². The number of nitrogens with zero attached hydrogens (tertiary/aromatic N) is 2. The van der Waals surface area contributed by atoms with Crippen molar-refractivity contribution in [1.82, 2.24) is 9.88 Å². The number of pyridine rings is 1. The molecule has 0 unspecified atom stereocenters. The standard InChI is InChI=1S/C22H17ClN2O2/c1-25(14-15-7-6-12-27-15)22(26)18-13-21(17-9-2-4-10-19(17)23)24-20-11-5-3-8-16(18)20/h2-13H,14H2,1H3. The molecule has 2 aromatic carbocycles. The second-order valence-corrected chi connectivity index (χ2v) is 6.70. The first-order valence-corrected chi connectivity index (χ1v) is 8.94. The lowest BCUT2D eigenvalue weighted by Crippen LogP contribution is -2.26. The molecule has 4 nitrogen and oxygen atoms in total. The number of hydrogen-bond donors (Lipinski definition) is 0. The summed E-state index contributed by atoms with van der Waals surface area (Å²) in [4.78, 5) is 19.5. The first-order chi connectivity index (χ1) is 13.1.